The van der Waals surface area contributed by atoms with Crippen LogP contribution in [-0.4, -0.2) is 50.8 Å². The smallest absolute Gasteiger partial charge is 0.274 e. The van der Waals surface area contributed by atoms with Gasteiger partial charge in [0.15, 0.2) is 5.69 Å². The maximum atomic E-state index is 13.3. The van der Waals surface area contributed by atoms with E-state index in [2.05, 4.69) is 45.8 Å². The van der Waals surface area contributed by atoms with Crippen LogP contribution in [0, 0.1) is 0 Å². The van der Waals surface area contributed by atoms with Crippen molar-refractivity contribution >= 4 is 11.6 Å². The van der Waals surface area contributed by atoms with Crippen LogP contribution in [0.5, 0.6) is 0 Å². The number of carbonyl (C=O) groups is 1. The third kappa shape index (κ3) is 4.38. The van der Waals surface area contributed by atoms with E-state index in [1.165, 1.54) is 24.8 Å². The van der Waals surface area contributed by atoms with Crippen LogP contribution in [-0.2, 0) is 13.0 Å². The molecule has 5 heteroatoms. The zero-order valence-electron chi connectivity index (χ0n) is 18.2. The number of fused-ring (bicyclic) bond motifs is 1. The van der Waals surface area contributed by atoms with Crippen LogP contribution in [0.4, 0.5) is 0 Å². The second kappa shape index (κ2) is 9.23. The van der Waals surface area contributed by atoms with E-state index in [1.807, 2.05) is 23.1 Å². The first-order chi connectivity index (χ1) is 15.3. The molecule has 2 aliphatic heterocycles. The Balaban J connectivity index is 1.39. The van der Waals surface area contributed by atoms with Crippen molar-refractivity contribution in [1.82, 2.24) is 19.2 Å². The minimum atomic E-state index is 0.106. The van der Waals surface area contributed by atoms with E-state index < -0.39 is 0 Å². The fourth-order valence-corrected chi connectivity index (χ4v) is 5.20. The Labute approximate surface area is 184 Å². The monoisotopic (exact) mass is 416 g/mol. The van der Waals surface area contributed by atoms with Crippen molar-refractivity contribution in [3.63, 3.8) is 0 Å². The van der Waals surface area contributed by atoms with Crippen LogP contribution in [0.3, 0.4) is 0 Å². The first kappa shape index (κ1) is 20.3. The van der Waals surface area contributed by atoms with Crippen molar-refractivity contribution in [3.05, 3.63) is 71.7 Å². The van der Waals surface area contributed by atoms with Gasteiger partial charge in [0, 0.05) is 31.9 Å². The van der Waals surface area contributed by atoms with Gasteiger partial charge in [-0.2, -0.15) is 0 Å². The van der Waals surface area contributed by atoms with E-state index in [4.69, 9.17) is 4.98 Å². The normalized spacial score (nSPS) is 19.9. The van der Waals surface area contributed by atoms with Crippen molar-refractivity contribution in [2.45, 2.75) is 57.5 Å². The highest BCUT2D eigenvalue weighted by Gasteiger charge is 2.29. The van der Waals surface area contributed by atoms with Gasteiger partial charge in [-0.25, -0.2) is 4.98 Å². The summed E-state index contributed by atoms with van der Waals surface area (Å²) >= 11 is 0. The molecule has 0 unspecified atom stereocenters. The predicted octanol–water partition coefficient (Wildman–Crippen LogP) is 4.56. The summed E-state index contributed by atoms with van der Waals surface area (Å²) in [5.74, 6) is 0.106. The number of amides is 1. The molecule has 0 aliphatic carbocycles. The molecule has 3 aromatic rings. The van der Waals surface area contributed by atoms with Gasteiger partial charge in [-0.05, 0) is 62.8 Å². The standard InChI is InChI=1S/C26H32N4O/c31-26(28-16-8-9-17-28)25-23(30-19-7-5-13-24(30)27-25)20-29-18-6-4-12-22(29)15-14-21-10-2-1-3-11-21/h1-3,5,7,10-11,13,19,22H,4,6,8-9,12,14-18,20H2/t22-/m1/s1. The fourth-order valence-electron chi connectivity index (χ4n) is 5.20. The molecular formula is C26H32N4O. The van der Waals surface area contributed by atoms with Gasteiger partial charge in [-0.3, -0.25) is 9.69 Å². The number of hydrogen-bond acceptors (Lipinski definition) is 3. The van der Waals surface area contributed by atoms with Crippen LogP contribution in [0.15, 0.2) is 54.7 Å². The van der Waals surface area contributed by atoms with Gasteiger partial charge < -0.3 is 9.30 Å². The molecule has 5 nitrogen and oxygen atoms in total. The van der Waals surface area contributed by atoms with Crippen LogP contribution in [0.25, 0.3) is 5.65 Å². The van der Waals surface area contributed by atoms with E-state index >= 15 is 0 Å². The number of pyridine rings is 1. The van der Waals surface area contributed by atoms with Gasteiger partial charge >= 0.3 is 0 Å². The predicted molar refractivity (Wildman–Crippen MR) is 123 cm³/mol. The molecule has 4 heterocycles. The topological polar surface area (TPSA) is 40.9 Å². The third-order valence-electron chi connectivity index (χ3n) is 6.94. The molecule has 0 saturated carbocycles. The molecule has 2 aromatic heterocycles. The Morgan fingerprint density at radius 1 is 0.935 bits per heavy atom. The molecule has 2 saturated heterocycles. The van der Waals surface area contributed by atoms with Gasteiger partial charge in [0.1, 0.15) is 5.65 Å². The molecule has 1 aromatic carbocycles. The number of rotatable bonds is 6. The lowest BCUT2D eigenvalue weighted by atomic mass is 9.95. The molecular weight excluding hydrogens is 384 g/mol. The highest BCUT2D eigenvalue weighted by molar-refractivity contribution is 5.94. The SMILES string of the molecule is O=C(c1nc2ccccn2c1CN1CCCC[C@@H]1CCc1ccccc1)N1CCCC1. The molecule has 162 valence electrons. The Hall–Kier alpha value is -2.66. The number of nitrogens with zero attached hydrogens (tertiary/aromatic N) is 4. The zero-order valence-corrected chi connectivity index (χ0v) is 18.2. The molecule has 1 amide bonds. The fraction of sp³-hybridized carbons (Fsp3) is 0.462. The van der Waals surface area contributed by atoms with Gasteiger partial charge in [0.2, 0.25) is 0 Å². The Kier molecular flexibility index (Phi) is 6.03. The quantitative estimate of drug-likeness (QED) is 0.592. The van der Waals surface area contributed by atoms with Crippen LogP contribution in [0.1, 0.15) is 60.3 Å². The highest BCUT2D eigenvalue weighted by atomic mass is 16.2. The van der Waals surface area contributed by atoms with Gasteiger partial charge in [-0.15, -0.1) is 0 Å². The van der Waals surface area contributed by atoms with Crippen LogP contribution < -0.4 is 0 Å². The average Bonchev–Trinajstić information content (AvgIpc) is 3.48. The summed E-state index contributed by atoms with van der Waals surface area (Å²) in [4.78, 5) is 22.7. The summed E-state index contributed by atoms with van der Waals surface area (Å²) in [6.07, 6.45) is 10.3. The number of benzene rings is 1. The molecule has 5 rings (SSSR count). The Morgan fingerprint density at radius 3 is 2.55 bits per heavy atom. The number of hydrogen-bond donors (Lipinski definition) is 0. The molecule has 2 fully saturated rings. The first-order valence-electron chi connectivity index (χ1n) is 11.8. The van der Waals surface area contributed by atoms with Crippen molar-refractivity contribution in [1.29, 1.82) is 0 Å². The van der Waals surface area contributed by atoms with Gasteiger partial charge in [0.05, 0.1) is 5.69 Å². The average molecular weight is 417 g/mol. The van der Waals surface area contributed by atoms with Crippen molar-refractivity contribution in [2.24, 2.45) is 0 Å². The number of aromatic nitrogens is 2. The van der Waals surface area contributed by atoms with Crippen molar-refractivity contribution in [2.75, 3.05) is 19.6 Å². The Morgan fingerprint density at radius 2 is 1.71 bits per heavy atom. The van der Waals surface area contributed by atoms with E-state index in [0.717, 1.165) is 63.2 Å². The molecule has 0 N–H and O–H groups in total. The third-order valence-corrected chi connectivity index (χ3v) is 6.94. The summed E-state index contributed by atoms with van der Waals surface area (Å²) < 4.78 is 2.13. The second-order valence-electron chi connectivity index (χ2n) is 8.98. The molecule has 0 spiro atoms. The maximum Gasteiger partial charge on any atom is 0.274 e. The zero-order chi connectivity index (χ0) is 21.0. The first-order valence-corrected chi connectivity index (χ1v) is 11.8. The summed E-state index contributed by atoms with van der Waals surface area (Å²) in [5, 5.41) is 0. The minimum absolute atomic E-state index is 0.106. The largest absolute Gasteiger partial charge is 0.337 e. The number of carbonyl (C=O) groups excluding carboxylic acids is 1. The lowest BCUT2D eigenvalue weighted by Crippen LogP contribution is -2.40. The molecule has 0 bridgehead atoms. The number of piperidine rings is 1. The number of imidazole rings is 1. The van der Waals surface area contributed by atoms with Crippen molar-refractivity contribution < 1.29 is 4.79 Å². The minimum Gasteiger partial charge on any atom is -0.337 e. The Bertz CT molecular complexity index is 1020. The van der Waals surface area contributed by atoms with Gasteiger partial charge in [0.25, 0.3) is 5.91 Å². The van der Waals surface area contributed by atoms with E-state index in [-0.39, 0.29) is 5.91 Å². The summed E-state index contributed by atoms with van der Waals surface area (Å²) in [6.45, 7) is 3.60. The molecule has 1 atom stereocenters. The second-order valence-corrected chi connectivity index (χ2v) is 8.98. The summed E-state index contributed by atoms with van der Waals surface area (Å²) in [6, 6.07) is 17.4. The van der Waals surface area contributed by atoms with Crippen LogP contribution >= 0.6 is 0 Å². The van der Waals surface area contributed by atoms with E-state index in [9.17, 15) is 4.79 Å². The lowest BCUT2D eigenvalue weighted by Gasteiger charge is -2.36. The van der Waals surface area contributed by atoms with Gasteiger partial charge in [-0.1, -0.05) is 42.8 Å². The summed E-state index contributed by atoms with van der Waals surface area (Å²) in [7, 11) is 0. The van der Waals surface area contributed by atoms with E-state index in [1.54, 1.807) is 0 Å². The van der Waals surface area contributed by atoms with Crippen molar-refractivity contribution in [3.8, 4) is 0 Å². The molecule has 31 heavy (non-hydrogen) atoms. The van der Waals surface area contributed by atoms with E-state index in [0.29, 0.717) is 11.7 Å². The highest BCUT2D eigenvalue weighted by Crippen LogP contribution is 2.26. The number of likely N-dealkylation sites (tertiary alicyclic amines) is 2. The molecule has 0 radical (unpaired) electrons. The summed E-state index contributed by atoms with van der Waals surface area (Å²) in [5.41, 5.74) is 3.99. The number of aryl methyl sites for hydroxylation is 1. The van der Waals surface area contributed by atoms with Crippen LogP contribution in [0.2, 0.25) is 0 Å². The molecule has 2 aliphatic rings. The lowest BCUT2D eigenvalue weighted by molar-refractivity contribution is 0.0781. The maximum absolute atomic E-state index is 13.3.